The van der Waals surface area contributed by atoms with Gasteiger partial charge in [0.2, 0.25) is 0 Å². The topological polar surface area (TPSA) is 24.9 Å². The van der Waals surface area contributed by atoms with Crippen LogP contribution in [0, 0.1) is 0 Å². The summed E-state index contributed by atoms with van der Waals surface area (Å²) >= 11 is 0. The van der Waals surface area contributed by atoms with Crippen LogP contribution in [0.25, 0.3) is 6.08 Å². The fourth-order valence-corrected chi connectivity index (χ4v) is 0.973. The van der Waals surface area contributed by atoms with E-state index in [0.29, 0.717) is 6.04 Å². The van der Waals surface area contributed by atoms with E-state index in [0.717, 1.165) is 12.1 Å². The van der Waals surface area contributed by atoms with Gasteiger partial charge >= 0.3 is 0 Å². The van der Waals surface area contributed by atoms with E-state index in [1.807, 2.05) is 18.3 Å². The number of nitrogens with one attached hydrogen (secondary N) is 1. The molecule has 0 saturated carbocycles. The van der Waals surface area contributed by atoms with Crippen molar-refractivity contribution < 1.29 is 0 Å². The molecule has 0 fully saturated rings. The molecule has 0 unspecified atom stereocenters. The first-order valence-corrected chi connectivity index (χ1v) is 4.59. The summed E-state index contributed by atoms with van der Waals surface area (Å²) in [7, 11) is 0. The minimum atomic E-state index is 0.540. The van der Waals surface area contributed by atoms with E-state index in [-0.39, 0.29) is 0 Å². The SMILES string of the molecule is CC(C)NCC=Cc1cccnc1. The van der Waals surface area contributed by atoms with Crippen molar-refractivity contribution >= 4 is 6.08 Å². The number of nitrogens with zero attached hydrogens (tertiary/aromatic N) is 1. The van der Waals surface area contributed by atoms with Gasteiger partial charge in [0.15, 0.2) is 0 Å². The Kier molecular flexibility index (Phi) is 4.19. The van der Waals surface area contributed by atoms with Crippen LogP contribution in [-0.4, -0.2) is 17.6 Å². The van der Waals surface area contributed by atoms with E-state index < -0.39 is 0 Å². The molecule has 1 aromatic rings. The summed E-state index contributed by atoms with van der Waals surface area (Å²) in [6.45, 7) is 5.18. The van der Waals surface area contributed by atoms with Gasteiger partial charge in [0.1, 0.15) is 0 Å². The molecule has 1 aromatic heterocycles. The van der Waals surface area contributed by atoms with E-state index in [1.165, 1.54) is 0 Å². The Hall–Kier alpha value is -1.15. The average Bonchev–Trinajstić information content (AvgIpc) is 2.14. The lowest BCUT2D eigenvalue weighted by Gasteiger charge is -2.03. The molecular weight excluding hydrogens is 160 g/mol. The lowest BCUT2D eigenvalue weighted by molar-refractivity contribution is 0.633. The summed E-state index contributed by atoms with van der Waals surface area (Å²) in [4.78, 5) is 4.03. The van der Waals surface area contributed by atoms with Gasteiger partial charge in [-0.3, -0.25) is 4.98 Å². The second-order valence-electron chi connectivity index (χ2n) is 3.25. The van der Waals surface area contributed by atoms with E-state index in [2.05, 4.69) is 36.3 Å². The van der Waals surface area contributed by atoms with E-state index in [4.69, 9.17) is 0 Å². The Labute approximate surface area is 79.7 Å². The molecule has 13 heavy (non-hydrogen) atoms. The summed E-state index contributed by atoms with van der Waals surface area (Å²) in [5.74, 6) is 0. The lowest BCUT2D eigenvalue weighted by Crippen LogP contribution is -2.22. The van der Waals surface area contributed by atoms with Crippen molar-refractivity contribution in [1.82, 2.24) is 10.3 Å². The zero-order chi connectivity index (χ0) is 9.52. The van der Waals surface area contributed by atoms with Gasteiger partial charge in [0.05, 0.1) is 0 Å². The molecule has 0 aromatic carbocycles. The molecule has 0 aliphatic carbocycles. The van der Waals surface area contributed by atoms with Crippen molar-refractivity contribution in [3.05, 3.63) is 36.2 Å². The van der Waals surface area contributed by atoms with Gasteiger partial charge in [0.25, 0.3) is 0 Å². The second-order valence-corrected chi connectivity index (χ2v) is 3.25. The predicted molar refractivity (Wildman–Crippen MR) is 56.4 cm³/mol. The van der Waals surface area contributed by atoms with Crippen LogP contribution in [-0.2, 0) is 0 Å². The molecule has 0 amide bonds. The molecular formula is C11H16N2. The van der Waals surface area contributed by atoms with Crippen molar-refractivity contribution in [3.8, 4) is 0 Å². The summed E-state index contributed by atoms with van der Waals surface area (Å²) in [5, 5.41) is 3.31. The summed E-state index contributed by atoms with van der Waals surface area (Å²) in [6, 6.07) is 4.52. The van der Waals surface area contributed by atoms with Crippen molar-refractivity contribution in [3.63, 3.8) is 0 Å². The first kappa shape index (κ1) is 9.93. The zero-order valence-corrected chi connectivity index (χ0v) is 8.20. The maximum Gasteiger partial charge on any atom is 0.0340 e. The number of hydrogen-bond acceptors (Lipinski definition) is 2. The van der Waals surface area contributed by atoms with Gasteiger partial charge in [-0.2, -0.15) is 0 Å². The molecule has 0 spiro atoms. The van der Waals surface area contributed by atoms with Crippen molar-refractivity contribution in [2.75, 3.05) is 6.54 Å². The van der Waals surface area contributed by atoms with Gasteiger partial charge in [0, 0.05) is 25.0 Å². The van der Waals surface area contributed by atoms with Crippen LogP contribution in [0.5, 0.6) is 0 Å². The monoisotopic (exact) mass is 176 g/mol. The van der Waals surface area contributed by atoms with Gasteiger partial charge < -0.3 is 5.32 Å². The molecule has 1 rings (SSSR count). The van der Waals surface area contributed by atoms with Crippen LogP contribution in [0.1, 0.15) is 19.4 Å². The number of pyridine rings is 1. The third-order valence-electron chi connectivity index (χ3n) is 1.64. The van der Waals surface area contributed by atoms with Crippen LogP contribution in [0.3, 0.4) is 0 Å². The number of hydrogen-bond donors (Lipinski definition) is 1. The first-order chi connectivity index (χ1) is 6.29. The third-order valence-corrected chi connectivity index (χ3v) is 1.64. The quantitative estimate of drug-likeness (QED) is 0.760. The van der Waals surface area contributed by atoms with Gasteiger partial charge in [-0.15, -0.1) is 0 Å². The average molecular weight is 176 g/mol. The van der Waals surface area contributed by atoms with E-state index in [1.54, 1.807) is 6.20 Å². The minimum absolute atomic E-state index is 0.540. The molecule has 0 atom stereocenters. The number of aromatic nitrogens is 1. The highest BCUT2D eigenvalue weighted by molar-refractivity contribution is 5.47. The highest BCUT2D eigenvalue weighted by Gasteiger charge is 1.87. The molecule has 0 saturated heterocycles. The Morgan fingerprint density at radius 2 is 2.38 bits per heavy atom. The molecule has 2 heteroatoms. The van der Waals surface area contributed by atoms with Crippen LogP contribution >= 0.6 is 0 Å². The maximum atomic E-state index is 4.03. The van der Waals surface area contributed by atoms with Gasteiger partial charge in [-0.05, 0) is 11.6 Å². The molecule has 1 N–H and O–H groups in total. The fourth-order valence-electron chi connectivity index (χ4n) is 0.973. The maximum absolute atomic E-state index is 4.03. The van der Waals surface area contributed by atoms with Crippen LogP contribution in [0.4, 0.5) is 0 Å². The van der Waals surface area contributed by atoms with Crippen LogP contribution in [0.15, 0.2) is 30.6 Å². The molecule has 70 valence electrons. The summed E-state index contributed by atoms with van der Waals surface area (Å²) in [5.41, 5.74) is 1.15. The molecule has 0 radical (unpaired) electrons. The zero-order valence-electron chi connectivity index (χ0n) is 8.20. The highest BCUT2D eigenvalue weighted by Crippen LogP contribution is 1.97. The lowest BCUT2D eigenvalue weighted by atomic mass is 10.2. The molecule has 0 aliphatic rings. The summed E-state index contributed by atoms with van der Waals surface area (Å²) in [6.07, 6.45) is 7.81. The third kappa shape index (κ3) is 4.43. The smallest absolute Gasteiger partial charge is 0.0340 e. The van der Waals surface area contributed by atoms with E-state index >= 15 is 0 Å². The molecule has 0 bridgehead atoms. The first-order valence-electron chi connectivity index (χ1n) is 4.59. The summed E-state index contributed by atoms with van der Waals surface area (Å²) < 4.78 is 0. The van der Waals surface area contributed by atoms with Gasteiger partial charge in [-0.25, -0.2) is 0 Å². The Morgan fingerprint density at radius 1 is 1.54 bits per heavy atom. The number of rotatable bonds is 4. The Morgan fingerprint density at radius 3 is 3.00 bits per heavy atom. The molecule has 2 nitrogen and oxygen atoms in total. The largest absolute Gasteiger partial charge is 0.311 e. The highest BCUT2D eigenvalue weighted by atomic mass is 14.9. The normalized spacial score (nSPS) is 11.3. The van der Waals surface area contributed by atoms with Crippen molar-refractivity contribution in [2.45, 2.75) is 19.9 Å². The van der Waals surface area contributed by atoms with Gasteiger partial charge in [-0.1, -0.05) is 32.1 Å². The molecule has 1 heterocycles. The van der Waals surface area contributed by atoms with Crippen LogP contribution < -0.4 is 5.32 Å². The van der Waals surface area contributed by atoms with E-state index in [9.17, 15) is 0 Å². The van der Waals surface area contributed by atoms with Crippen molar-refractivity contribution in [1.29, 1.82) is 0 Å². The Balaban J connectivity index is 2.33. The fraction of sp³-hybridized carbons (Fsp3) is 0.364. The minimum Gasteiger partial charge on any atom is -0.311 e. The Bertz CT molecular complexity index is 252. The standard InChI is InChI=1S/C11H16N2/c1-10(2)13-8-4-6-11-5-3-7-12-9-11/h3-7,9-10,13H,8H2,1-2H3. The predicted octanol–water partition coefficient (Wildman–Crippen LogP) is 2.09. The molecule has 0 aliphatic heterocycles. The van der Waals surface area contributed by atoms with Crippen molar-refractivity contribution in [2.24, 2.45) is 0 Å². The second kappa shape index (κ2) is 5.49. The van der Waals surface area contributed by atoms with Crippen LogP contribution in [0.2, 0.25) is 0 Å².